The summed E-state index contributed by atoms with van der Waals surface area (Å²) in [4.78, 5) is 0. The van der Waals surface area contributed by atoms with Crippen LogP contribution >= 0.6 is 12.6 Å². The SMILES string of the molecule is Cc1cc(C(S)CN)ccc1F. The predicted octanol–water partition coefficient (Wildman–Crippen LogP) is 2.06. The van der Waals surface area contributed by atoms with Gasteiger partial charge in [0, 0.05) is 11.8 Å². The second kappa shape index (κ2) is 3.92. The van der Waals surface area contributed by atoms with Crippen molar-refractivity contribution in [2.75, 3.05) is 6.54 Å². The van der Waals surface area contributed by atoms with Gasteiger partial charge >= 0.3 is 0 Å². The molecule has 1 aromatic carbocycles. The van der Waals surface area contributed by atoms with Crippen LogP contribution in [-0.4, -0.2) is 6.54 Å². The number of benzene rings is 1. The average molecular weight is 185 g/mol. The second-order valence-corrected chi connectivity index (χ2v) is 3.38. The van der Waals surface area contributed by atoms with Gasteiger partial charge in [-0.05, 0) is 24.1 Å². The molecule has 66 valence electrons. The monoisotopic (exact) mass is 185 g/mol. The average Bonchev–Trinajstić information content (AvgIpc) is 2.08. The molecular weight excluding hydrogens is 173 g/mol. The molecule has 0 saturated carbocycles. The van der Waals surface area contributed by atoms with Gasteiger partial charge in [-0.2, -0.15) is 12.6 Å². The first-order valence-electron chi connectivity index (χ1n) is 3.79. The van der Waals surface area contributed by atoms with Crippen molar-refractivity contribution in [1.82, 2.24) is 0 Å². The van der Waals surface area contributed by atoms with Gasteiger partial charge in [-0.15, -0.1) is 0 Å². The van der Waals surface area contributed by atoms with Gasteiger partial charge in [-0.1, -0.05) is 12.1 Å². The van der Waals surface area contributed by atoms with Crippen molar-refractivity contribution in [3.05, 3.63) is 35.1 Å². The van der Waals surface area contributed by atoms with E-state index in [0.29, 0.717) is 12.1 Å². The molecular formula is C9H12FNS. The Morgan fingerprint density at radius 3 is 2.75 bits per heavy atom. The van der Waals surface area contributed by atoms with E-state index in [0.717, 1.165) is 5.56 Å². The molecule has 0 aliphatic rings. The van der Waals surface area contributed by atoms with Crippen LogP contribution in [0.1, 0.15) is 16.4 Å². The summed E-state index contributed by atoms with van der Waals surface area (Å²) in [5.74, 6) is -0.184. The predicted molar refractivity (Wildman–Crippen MR) is 51.9 cm³/mol. The van der Waals surface area contributed by atoms with E-state index in [1.807, 2.05) is 0 Å². The van der Waals surface area contributed by atoms with Crippen LogP contribution in [0.3, 0.4) is 0 Å². The smallest absolute Gasteiger partial charge is 0.126 e. The highest BCUT2D eigenvalue weighted by molar-refractivity contribution is 7.80. The van der Waals surface area contributed by atoms with Gasteiger partial charge in [-0.3, -0.25) is 0 Å². The van der Waals surface area contributed by atoms with Crippen LogP contribution in [0.4, 0.5) is 4.39 Å². The van der Waals surface area contributed by atoms with E-state index in [4.69, 9.17) is 5.73 Å². The summed E-state index contributed by atoms with van der Waals surface area (Å²) in [5, 5.41) is 0.00398. The number of nitrogens with two attached hydrogens (primary N) is 1. The minimum absolute atomic E-state index is 0.00398. The summed E-state index contributed by atoms with van der Waals surface area (Å²) >= 11 is 4.25. The summed E-state index contributed by atoms with van der Waals surface area (Å²) in [5.41, 5.74) is 7.03. The zero-order chi connectivity index (χ0) is 9.14. The van der Waals surface area contributed by atoms with E-state index >= 15 is 0 Å². The third kappa shape index (κ3) is 1.99. The zero-order valence-corrected chi connectivity index (χ0v) is 7.81. The van der Waals surface area contributed by atoms with Crippen LogP contribution in [-0.2, 0) is 0 Å². The van der Waals surface area contributed by atoms with Crippen molar-refractivity contribution in [3.63, 3.8) is 0 Å². The minimum Gasteiger partial charge on any atom is -0.329 e. The van der Waals surface area contributed by atoms with Gasteiger partial charge < -0.3 is 5.73 Å². The summed E-state index contributed by atoms with van der Waals surface area (Å²) < 4.78 is 12.8. The van der Waals surface area contributed by atoms with Crippen LogP contribution < -0.4 is 5.73 Å². The summed E-state index contributed by atoms with van der Waals surface area (Å²) in [6.45, 7) is 2.20. The Bertz CT molecular complexity index is 275. The molecule has 1 aromatic rings. The van der Waals surface area contributed by atoms with Gasteiger partial charge in [0.15, 0.2) is 0 Å². The molecule has 0 aromatic heterocycles. The molecule has 0 bridgehead atoms. The van der Waals surface area contributed by atoms with Gasteiger partial charge in [0.2, 0.25) is 0 Å². The summed E-state index contributed by atoms with van der Waals surface area (Å²) in [7, 11) is 0. The van der Waals surface area contributed by atoms with Crippen molar-refractivity contribution in [3.8, 4) is 0 Å². The van der Waals surface area contributed by atoms with Gasteiger partial charge in [-0.25, -0.2) is 4.39 Å². The van der Waals surface area contributed by atoms with E-state index in [9.17, 15) is 4.39 Å². The fourth-order valence-corrected chi connectivity index (χ4v) is 1.17. The van der Waals surface area contributed by atoms with Crippen LogP contribution in [0.15, 0.2) is 18.2 Å². The van der Waals surface area contributed by atoms with Gasteiger partial charge in [0.25, 0.3) is 0 Å². The third-order valence-electron chi connectivity index (χ3n) is 1.79. The molecule has 1 nitrogen and oxygen atoms in total. The van der Waals surface area contributed by atoms with E-state index in [1.54, 1.807) is 19.1 Å². The molecule has 1 rings (SSSR count). The molecule has 2 N–H and O–H groups in total. The van der Waals surface area contributed by atoms with Crippen molar-refractivity contribution in [2.24, 2.45) is 5.73 Å². The maximum absolute atomic E-state index is 12.8. The molecule has 0 aliphatic carbocycles. The minimum atomic E-state index is -0.184. The van der Waals surface area contributed by atoms with Gasteiger partial charge in [0.05, 0.1) is 0 Å². The van der Waals surface area contributed by atoms with E-state index in [-0.39, 0.29) is 11.1 Å². The molecule has 0 aliphatic heterocycles. The lowest BCUT2D eigenvalue weighted by Crippen LogP contribution is -2.07. The Morgan fingerprint density at radius 1 is 1.58 bits per heavy atom. The van der Waals surface area contributed by atoms with Gasteiger partial charge in [0.1, 0.15) is 5.82 Å². The molecule has 0 spiro atoms. The lowest BCUT2D eigenvalue weighted by molar-refractivity contribution is 0.617. The zero-order valence-electron chi connectivity index (χ0n) is 6.92. The molecule has 1 unspecified atom stereocenters. The summed E-state index contributed by atoms with van der Waals surface area (Å²) in [6, 6.07) is 4.94. The number of halogens is 1. The fourth-order valence-electron chi connectivity index (χ4n) is 1.01. The van der Waals surface area contributed by atoms with Crippen molar-refractivity contribution in [2.45, 2.75) is 12.2 Å². The lowest BCUT2D eigenvalue weighted by Gasteiger charge is -2.08. The van der Waals surface area contributed by atoms with Crippen molar-refractivity contribution < 1.29 is 4.39 Å². The Hall–Kier alpha value is -0.540. The molecule has 3 heteroatoms. The van der Waals surface area contributed by atoms with Crippen LogP contribution in [0.25, 0.3) is 0 Å². The first kappa shape index (κ1) is 9.55. The molecule has 0 fully saturated rings. The second-order valence-electron chi connectivity index (χ2n) is 2.76. The number of hydrogen-bond donors (Lipinski definition) is 2. The van der Waals surface area contributed by atoms with E-state index < -0.39 is 0 Å². The number of hydrogen-bond acceptors (Lipinski definition) is 2. The van der Waals surface area contributed by atoms with Crippen LogP contribution in [0.5, 0.6) is 0 Å². The normalized spacial score (nSPS) is 13.0. The molecule has 12 heavy (non-hydrogen) atoms. The standard InChI is InChI=1S/C9H12FNS/c1-6-4-7(9(12)5-11)2-3-8(6)10/h2-4,9,12H,5,11H2,1H3. The Kier molecular flexibility index (Phi) is 3.12. The first-order chi connectivity index (χ1) is 5.65. The van der Waals surface area contributed by atoms with Crippen LogP contribution in [0, 0.1) is 12.7 Å². The Balaban J connectivity index is 2.96. The molecule has 0 amide bonds. The highest BCUT2D eigenvalue weighted by atomic mass is 32.1. The van der Waals surface area contributed by atoms with Crippen molar-refractivity contribution in [1.29, 1.82) is 0 Å². The number of rotatable bonds is 2. The van der Waals surface area contributed by atoms with E-state index in [1.165, 1.54) is 6.07 Å². The fraction of sp³-hybridized carbons (Fsp3) is 0.333. The maximum Gasteiger partial charge on any atom is 0.126 e. The number of aryl methyl sites for hydroxylation is 1. The topological polar surface area (TPSA) is 26.0 Å². The molecule has 1 atom stereocenters. The Morgan fingerprint density at radius 2 is 2.25 bits per heavy atom. The van der Waals surface area contributed by atoms with Crippen molar-refractivity contribution >= 4 is 12.6 Å². The first-order valence-corrected chi connectivity index (χ1v) is 4.31. The largest absolute Gasteiger partial charge is 0.329 e. The highest BCUT2D eigenvalue weighted by Crippen LogP contribution is 2.20. The Labute approximate surface area is 77.2 Å². The quantitative estimate of drug-likeness (QED) is 0.678. The van der Waals surface area contributed by atoms with Crippen LogP contribution in [0.2, 0.25) is 0 Å². The molecule has 0 heterocycles. The lowest BCUT2D eigenvalue weighted by atomic mass is 10.1. The maximum atomic E-state index is 12.8. The molecule has 0 saturated heterocycles. The molecule has 0 radical (unpaired) electrons. The third-order valence-corrected chi connectivity index (χ3v) is 2.30. The number of thiol groups is 1. The van der Waals surface area contributed by atoms with E-state index in [2.05, 4.69) is 12.6 Å². The summed E-state index contributed by atoms with van der Waals surface area (Å²) in [6.07, 6.45) is 0. The highest BCUT2D eigenvalue weighted by Gasteiger charge is 2.05.